The molecule has 1 amide bonds. The van der Waals surface area contributed by atoms with Gasteiger partial charge in [0, 0.05) is 79.6 Å². The first-order valence-corrected chi connectivity index (χ1v) is 17.1. The second-order valence-corrected chi connectivity index (χ2v) is 13.2. The summed E-state index contributed by atoms with van der Waals surface area (Å²) in [4.78, 5) is 21.7. The van der Waals surface area contributed by atoms with Crippen LogP contribution >= 0.6 is 0 Å². The molecule has 2 aliphatic rings. The van der Waals surface area contributed by atoms with Crippen LogP contribution in [0.25, 0.3) is 21.8 Å². The number of rotatable bonds is 8. The van der Waals surface area contributed by atoms with E-state index in [1.807, 2.05) is 24.3 Å². The van der Waals surface area contributed by atoms with Crippen molar-refractivity contribution in [2.45, 2.75) is 18.4 Å². The largest absolute Gasteiger partial charge is 0.495 e. The van der Waals surface area contributed by atoms with Gasteiger partial charge in [-0.3, -0.25) is 9.69 Å². The van der Waals surface area contributed by atoms with E-state index in [1.54, 1.807) is 7.11 Å². The lowest BCUT2D eigenvalue weighted by Gasteiger charge is -2.45. The summed E-state index contributed by atoms with van der Waals surface area (Å²) in [5, 5.41) is 2.49. The van der Waals surface area contributed by atoms with Crippen LogP contribution in [0.5, 0.6) is 5.75 Å². The fourth-order valence-corrected chi connectivity index (χ4v) is 8.14. The van der Waals surface area contributed by atoms with Gasteiger partial charge in [-0.25, -0.2) is 0 Å². The Bertz CT molecular complexity index is 2080. The first-order valence-electron chi connectivity index (χ1n) is 17.1. The van der Waals surface area contributed by atoms with Crippen LogP contribution < -0.4 is 9.64 Å². The monoisotopic (exact) mass is 634 g/mol. The minimum absolute atomic E-state index is 0.0910. The third-order valence-electron chi connectivity index (χ3n) is 10.6. The number of aryl methyl sites for hydroxylation is 1. The van der Waals surface area contributed by atoms with Gasteiger partial charge >= 0.3 is 0 Å². The highest BCUT2D eigenvalue weighted by Crippen LogP contribution is 2.45. The van der Waals surface area contributed by atoms with Crippen molar-refractivity contribution in [1.82, 2.24) is 14.4 Å². The van der Waals surface area contributed by atoms with Crippen LogP contribution in [0.1, 0.15) is 39.0 Å². The molecule has 2 aliphatic heterocycles. The Labute approximate surface area is 282 Å². The number of piperazine rings is 1. The number of fused-ring (bicyclic) bond motifs is 4. The van der Waals surface area contributed by atoms with Gasteiger partial charge in [-0.1, -0.05) is 84.9 Å². The van der Waals surface area contributed by atoms with E-state index < -0.39 is 0 Å². The predicted octanol–water partition coefficient (Wildman–Crippen LogP) is 7.69. The summed E-state index contributed by atoms with van der Waals surface area (Å²) in [6, 6.07) is 42.6. The van der Waals surface area contributed by atoms with Crippen LogP contribution in [0.4, 0.5) is 5.69 Å². The second kappa shape index (κ2) is 12.9. The number of aromatic nitrogens is 1. The molecule has 0 radical (unpaired) electrons. The van der Waals surface area contributed by atoms with Gasteiger partial charge < -0.3 is 19.1 Å². The van der Waals surface area contributed by atoms with Crippen LogP contribution in [0.3, 0.4) is 0 Å². The van der Waals surface area contributed by atoms with Crippen molar-refractivity contribution < 1.29 is 9.53 Å². The SMILES string of the molecule is COc1ccccc1N1CCN(C[C@H]2c3ccccc3C(=O)N(CCc3ccccc3)[C@@H]2c2ccc3c(c2)c2ccccc2n3C)CC1. The molecule has 0 aliphatic carbocycles. The highest BCUT2D eigenvalue weighted by molar-refractivity contribution is 6.08. The number of benzene rings is 5. The maximum atomic E-state index is 14.5. The minimum atomic E-state index is -0.0910. The number of nitrogens with zero attached hydrogens (tertiary/aromatic N) is 4. The van der Waals surface area contributed by atoms with E-state index >= 15 is 0 Å². The van der Waals surface area contributed by atoms with Gasteiger partial charge in [-0.15, -0.1) is 0 Å². The van der Waals surface area contributed by atoms with Crippen molar-refractivity contribution in [3.8, 4) is 5.75 Å². The van der Waals surface area contributed by atoms with Gasteiger partial charge in [0.1, 0.15) is 5.75 Å². The van der Waals surface area contributed by atoms with Gasteiger partial charge in [0.05, 0.1) is 18.8 Å². The van der Waals surface area contributed by atoms with Crippen molar-refractivity contribution in [2.75, 3.05) is 51.3 Å². The average molecular weight is 635 g/mol. The summed E-state index contributed by atoms with van der Waals surface area (Å²) in [6.07, 6.45) is 0.812. The van der Waals surface area contributed by atoms with Crippen molar-refractivity contribution in [2.24, 2.45) is 7.05 Å². The number of carbonyl (C=O) groups is 1. The van der Waals surface area contributed by atoms with Gasteiger partial charge in [0.2, 0.25) is 0 Å². The van der Waals surface area contributed by atoms with Crippen LogP contribution in [0.2, 0.25) is 0 Å². The molecule has 1 aromatic heterocycles. The Hall–Kier alpha value is -5.07. The molecule has 2 atom stereocenters. The first kappa shape index (κ1) is 30.3. The standard InChI is InChI=1S/C42H42N4O2/c1-43-37-17-9-8-15-33(37)35-28-31(20-21-38(35)43)41-36(29-44-24-26-45(27-25-44)39-18-10-11-19-40(39)48-2)32-14-6-7-16-34(32)42(47)46(41)23-22-30-12-4-3-5-13-30/h3-21,28,36,41H,22-27,29H2,1-2H3/t36-,41+/m0/s1. The number of methoxy groups -OCH3 is 1. The third kappa shape index (κ3) is 5.40. The highest BCUT2D eigenvalue weighted by Gasteiger charge is 2.41. The molecule has 0 unspecified atom stereocenters. The molecule has 0 bridgehead atoms. The van der Waals surface area contributed by atoms with Crippen molar-refractivity contribution in [3.05, 3.63) is 144 Å². The molecule has 1 saturated heterocycles. The maximum absolute atomic E-state index is 14.5. The van der Waals surface area contributed by atoms with Gasteiger partial charge in [0.15, 0.2) is 0 Å². The van der Waals surface area contributed by atoms with Gasteiger partial charge in [-0.05, 0) is 59.5 Å². The molecule has 242 valence electrons. The lowest BCUT2D eigenvalue weighted by Crippen LogP contribution is -2.51. The van der Waals surface area contributed by atoms with E-state index in [4.69, 9.17) is 4.74 Å². The lowest BCUT2D eigenvalue weighted by molar-refractivity contribution is 0.0579. The van der Waals surface area contributed by atoms with Crippen molar-refractivity contribution >= 4 is 33.4 Å². The number of amides is 1. The molecule has 1 fully saturated rings. The Kier molecular flexibility index (Phi) is 8.11. The molecule has 6 heteroatoms. The Morgan fingerprint density at radius 3 is 2.27 bits per heavy atom. The number of anilines is 1. The third-order valence-corrected chi connectivity index (χ3v) is 10.6. The Morgan fingerprint density at radius 2 is 1.44 bits per heavy atom. The molecule has 6 aromatic rings. The summed E-state index contributed by atoms with van der Waals surface area (Å²) >= 11 is 0. The van der Waals surface area contributed by atoms with Crippen LogP contribution in [0.15, 0.2) is 121 Å². The summed E-state index contributed by atoms with van der Waals surface area (Å²) < 4.78 is 7.97. The van der Waals surface area contributed by atoms with Gasteiger partial charge in [-0.2, -0.15) is 0 Å². The molecule has 5 aromatic carbocycles. The van der Waals surface area contributed by atoms with Crippen LogP contribution in [-0.2, 0) is 13.5 Å². The molecule has 0 saturated carbocycles. The number of ether oxygens (including phenoxy) is 1. The summed E-state index contributed by atoms with van der Waals surface area (Å²) in [5.74, 6) is 1.17. The zero-order valence-corrected chi connectivity index (χ0v) is 27.8. The molecule has 0 spiro atoms. The van der Waals surface area contributed by atoms with Gasteiger partial charge in [0.25, 0.3) is 5.91 Å². The number of carbonyl (C=O) groups excluding carboxylic acids is 1. The molecule has 6 nitrogen and oxygen atoms in total. The van der Waals surface area contributed by atoms with Crippen LogP contribution in [-0.4, -0.2) is 66.7 Å². The average Bonchev–Trinajstić information content (AvgIpc) is 3.43. The summed E-state index contributed by atoms with van der Waals surface area (Å²) in [5.41, 5.74) is 8.03. The zero-order valence-electron chi connectivity index (χ0n) is 27.8. The number of para-hydroxylation sites is 3. The molecular weight excluding hydrogens is 592 g/mol. The number of hydrogen-bond acceptors (Lipinski definition) is 4. The fraction of sp³-hybridized carbons (Fsp3) is 0.262. The van der Waals surface area contributed by atoms with E-state index in [1.165, 1.54) is 32.9 Å². The molecule has 8 rings (SSSR count). The minimum Gasteiger partial charge on any atom is -0.495 e. The summed E-state index contributed by atoms with van der Waals surface area (Å²) in [6.45, 7) is 5.29. The Morgan fingerprint density at radius 1 is 0.729 bits per heavy atom. The molecule has 48 heavy (non-hydrogen) atoms. The quantitative estimate of drug-likeness (QED) is 0.172. The van der Waals surface area contributed by atoms with E-state index in [0.717, 1.165) is 61.7 Å². The fourth-order valence-electron chi connectivity index (χ4n) is 8.14. The van der Waals surface area contributed by atoms with E-state index in [0.29, 0.717) is 6.54 Å². The molecular formula is C42H42N4O2. The predicted molar refractivity (Wildman–Crippen MR) is 195 cm³/mol. The van der Waals surface area contributed by atoms with Crippen molar-refractivity contribution in [1.29, 1.82) is 0 Å². The second-order valence-electron chi connectivity index (χ2n) is 13.2. The Balaban J connectivity index is 1.18. The maximum Gasteiger partial charge on any atom is 0.254 e. The van der Waals surface area contributed by atoms with E-state index in [9.17, 15) is 4.79 Å². The van der Waals surface area contributed by atoms with E-state index in [2.05, 4.69) is 123 Å². The normalized spacial score (nSPS) is 18.4. The number of hydrogen-bond donors (Lipinski definition) is 0. The smallest absolute Gasteiger partial charge is 0.254 e. The van der Waals surface area contributed by atoms with E-state index in [-0.39, 0.29) is 17.9 Å². The molecule has 0 N–H and O–H groups in total. The van der Waals surface area contributed by atoms with Crippen LogP contribution in [0, 0.1) is 0 Å². The van der Waals surface area contributed by atoms with Crippen molar-refractivity contribution in [3.63, 3.8) is 0 Å². The topological polar surface area (TPSA) is 41.0 Å². The molecule has 3 heterocycles. The zero-order chi connectivity index (χ0) is 32.6. The summed E-state index contributed by atoms with van der Waals surface area (Å²) in [7, 11) is 3.89. The lowest BCUT2D eigenvalue weighted by atomic mass is 9.79. The highest BCUT2D eigenvalue weighted by atomic mass is 16.5. The first-order chi connectivity index (χ1) is 23.6.